The van der Waals surface area contributed by atoms with Gasteiger partial charge in [-0.1, -0.05) is 18.6 Å². The van der Waals surface area contributed by atoms with E-state index >= 15 is 0 Å². The minimum absolute atomic E-state index is 0.106. The van der Waals surface area contributed by atoms with E-state index < -0.39 is 81.3 Å². The van der Waals surface area contributed by atoms with Crippen LogP contribution in [-0.4, -0.2) is 97.2 Å². The van der Waals surface area contributed by atoms with Gasteiger partial charge < -0.3 is 34.3 Å². The van der Waals surface area contributed by atoms with Crippen LogP contribution in [0.1, 0.15) is 53.0 Å². The van der Waals surface area contributed by atoms with Gasteiger partial charge in [0.25, 0.3) is 5.56 Å². The second-order valence-corrected chi connectivity index (χ2v) is 11.4. The Morgan fingerprint density at radius 2 is 1.91 bits per heavy atom. The maximum atomic E-state index is 13.7. The summed E-state index contributed by atoms with van der Waals surface area (Å²) in [6.07, 6.45) is -4.63. The summed E-state index contributed by atoms with van der Waals surface area (Å²) in [6, 6.07) is 1.54. The maximum absolute atomic E-state index is 13.7. The number of carboxylic acids is 1. The molecule has 20 heteroatoms. The molecule has 3 heterocycles. The summed E-state index contributed by atoms with van der Waals surface area (Å²) in [7, 11) is -2.04. The van der Waals surface area contributed by atoms with Crippen LogP contribution in [-0.2, 0) is 44.3 Å². The van der Waals surface area contributed by atoms with Gasteiger partial charge in [0.2, 0.25) is 11.8 Å². The van der Waals surface area contributed by atoms with Gasteiger partial charge in [0.15, 0.2) is 24.0 Å². The number of aryl methyl sites for hydroxylation is 1. The molecule has 1 saturated heterocycles. The molecule has 0 aliphatic carbocycles. The number of nitrogens with zero attached hydrogens (tertiary/aromatic N) is 6. The highest BCUT2D eigenvalue weighted by molar-refractivity contribution is 7.52. The number of hydrogen-bond acceptors (Lipinski definition) is 15. The Morgan fingerprint density at radius 1 is 1.25 bits per heavy atom. The molecule has 1 aliphatic heterocycles. The van der Waals surface area contributed by atoms with Crippen LogP contribution in [0.25, 0.3) is 11.0 Å². The van der Waals surface area contributed by atoms with Crippen molar-refractivity contribution < 1.29 is 43.0 Å². The number of fused-ring (bicyclic) bond motifs is 1. The highest BCUT2D eigenvalue weighted by Crippen LogP contribution is 2.41. The Bertz CT molecular complexity index is 1490. The molecule has 1 aliphatic rings. The van der Waals surface area contributed by atoms with E-state index in [1.54, 1.807) is 19.9 Å². The molecule has 0 bridgehead atoms. The van der Waals surface area contributed by atoms with Crippen molar-refractivity contribution in [2.24, 2.45) is 5.73 Å². The van der Waals surface area contributed by atoms with Gasteiger partial charge in [-0.15, -0.1) is 5.10 Å². The number of aliphatic carboxylic acids is 1. The number of esters is 2. The molecule has 0 radical (unpaired) electrons. The molecular weight excluding hydrogens is 605 g/mol. The number of hydrogen-bond donors (Lipinski definition) is 4. The third-order valence-corrected chi connectivity index (χ3v) is 7.90. The Balaban J connectivity index is 2.06. The predicted molar refractivity (Wildman–Crippen MR) is 150 cm³/mol. The van der Waals surface area contributed by atoms with Crippen LogP contribution in [0, 0.1) is 16.7 Å². The second-order valence-electron chi connectivity index (χ2n) is 9.81. The van der Waals surface area contributed by atoms with E-state index in [1.807, 2.05) is 6.92 Å². The predicted octanol–water partition coefficient (Wildman–Crippen LogP) is -0.280. The summed E-state index contributed by atoms with van der Waals surface area (Å²) < 4.78 is 29.5. The van der Waals surface area contributed by atoms with Gasteiger partial charge in [-0.2, -0.15) is 19.7 Å². The first-order valence-corrected chi connectivity index (χ1v) is 14.7. The average Bonchev–Trinajstić information content (AvgIpc) is 3.45. The van der Waals surface area contributed by atoms with Crippen molar-refractivity contribution in [1.82, 2.24) is 29.9 Å². The summed E-state index contributed by atoms with van der Waals surface area (Å²) in [5.74, 6) is -5.20. The summed E-state index contributed by atoms with van der Waals surface area (Å²) >= 11 is 0. The lowest BCUT2D eigenvalue weighted by Gasteiger charge is -2.27. The molecule has 3 rings (SSSR count). The van der Waals surface area contributed by atoms with Gasteiger partial charge in [0.05, 0.1) is 18.4 Å². The number of nitrogens with one attached hydrogen (secondary N) is 2. The smallest absolute Gasteiger partial charge is 0.341 e. The number of nitriles is 1. The van der Waals surface area contributed by atoms with Crippen molar-refractivity contribution in [3.05, 3.63) is 16.0 Å². The minimum atomic E-state index is -2.04. The summed E-state index contributed by atoms with van der Waals surface area (Å²) in [4.78, 5) is 50.1. The molecule has 240 valence electrons. The van der Waals surface area contributed by atoms with Crippen LogP contribution in [0.5, 0.6) is 0 Å². The lowest BCUT2D eigenvalue weighted by molar-refractivity contribution is -0.166. The number of nitrogen functional groups attached to an aromatic ring is 1. The molecule has 0 spiro atoms. The summed E-state index contributed by atoms with van der Waals surface area (Å²) in [5, 5.41) is 41.9. The first-order valence-electron chi connectivity index (χ1n) is 13.4. The Labute approximate surface area is 251 Å². The molecule has 1 fully saturated rings. The molecule has 0 amide bonds. The van der Waals surface area contributed by atoms with Crippen LogP contribution >= 0.6 is 8.30 Å². The minimum Gasteiger partial charge on any atom is -0.479 e. The van der Waals surface area contributed by atoms with E-state index in [9.17, 15) is 24.3 Å². The van der Waals surface area contributed by atoms with E-state index in [1.165, 1.54) is 0 Å². The zero-order chi connectivity index (χ0) is 32.7. The number of aromatic nitrogens is 5. The fraction of sp³-hybridized carbons (Fsp3) is 0.625. The number of carbonyl (C=O) groups is 3. The Hall–Kier alpha value is -4.08. The first-order chi connectivity index (χ1) is 20.8. The van der Waals surface area contributed by atoms with Crippen molar-refractivity contribution in [3.63, 3.8) is 0 Å². The average molecular weight is 640 g/mol. The van der Waals surface area contributed by atoms with Crippen molar-refractivity contribution in [2.45, 2.75) is 83.9 Å². The Kier molecular flexibility index (Phi) is 11.8. The normalized spacial score (nSPS) is 21.1. The van der Waals surface area contributed by atoms with E-state index in [0.717, 1.165) is 23.2 Å². The van der Waals surface area contributed by atoms with Crippen LogP contribution in [0.3, 0.4) is 0 Å². The molecule has 19 nitrogen and oxygen atoms in total. The van der Waals surface area contributed by atoms with Crippen LogP contribution in [0.2, 0.25) is 0 Å². The molecule has 6 unspecified atom stereocenters. The zero-order valence-corrected chi connectivity index (χ0v) is 25.5. The molecule has 0 aromatic carbocycles. The van der Waals surface area contributed by atoms with Crippen molar-refractivity contribution in [3.8, 4) is 6.07 Å². The number of rotatable bonds is 14. The number of carboxylic acid groups (broad SMARTS) is 1. The molecule has 2 aromatic rings. The fourth-order valence-corrected chi connectivity index (χ4v) is 5.85. The van der Waals surface area contributed by atoms with Crippen LogP contribution in [0.15, 0.2) is 4.79 Å². The highest BCUT2D eigenvalue weighted by atomic mass is 31.2. The molecule has 2 aromatic heterocycles. The van der Waals surface area contributed by atoms with Gasteiger partial charge in [0, 0.05) is 19.9 Å². The largest absolute Gasteiger partial charge is 0.479 e. The maximum Gasteiger partial charge on any atom is 0.341 e. The van der Waals surface area contributed by atoms with Crippen molar-refractivity contribution >= 4 is 43.2 Å². The van der Waals surface area contributed by atoms with Crippen molar-refractivity contribution in [2.75, 3.05) is 13.2 Å². The quantitative estimate of drug-likeness (QED) is 0.0895. The molecule has 44 heavy (non-hydrogen) atoms. The van der Waals surface area contributed by atoms with E-state index in [0.29, 0.717) is 18.5 Å². The first kappa shape index (κ1) is 34.4. The van der Waals surface area contributed by atoms with Gasteiger partial charge in [-0.25, -0.2) is 4.79 Å². The van der Waals surface area contributed by atoms with Crippen LogP contribution < -0.4 is 16.4 Å². The fourth-order valence-electron chi connectivity index (χ4n) is 4.38. The van der Waals surface area contributed by atoms with Gasteiger partial charge >= 0.3 is 17.9 Å². The number of carbonyl (C=O) groups excluding carboxylic acids is 2. The molecule has 5 N–H and O–H groups in total. The number of ether oxygens (including phenoxy) is 4. The Morgan fingerprint density at radius 3 is 2.45 bits per heavy atom. The van der Waals surface area contributed by atoms with Gasteiger partial charge in [-0.3, -0.25) is 24.9 Å². The van der Waals surface area contributed by atoms with Crippen molar-refractivity contribution in [1.29, 1.82) is 10.7 Å². The second kappa shape index (κ2) is 15.1. The van der Waals surface area contributed by atoms with E-state index in [-0.39, 0.29) is 17.1 Å². The SMILES string of the molecule is CCCc1nn(C(=N)N)c2c(=O)n(C3OC(COC(C(=O)O)P(NC(C)C)OCC#N)C(OC(C)=O)C3OC(C)=O)nnc12. The van der Waals surface area contributed by atoms with E-state index in [4.69, 9.17) is 39.9 Å². The summed E-state index contributed by atoms with van der Waals surface area (Å²) in [5.41, 5.74) is 5.11. The monoisotopic (exact) mass is 639 g/mol. The van der Waals surface area contributed by atoms with E-state index in [2.05, 4.69) is 20.5 Å². The zero-order valence-electron chi connectivity index (χ0n) is 24.6. The molecule has 0 saturated carbocycles. The third-order valence-electron chi connectivity index (χ3n) is 5.92. The highest BCUT2D eigenvalue weighted by Gasteiger charge is 2.52. The van der Waals surface area contributed by atoms with Gasteiger partial charge in [-0.05, 0) is 20.3 Å². The third kappa shape index (κ3) is 7.89. The van der Waals surface area contributed by atoms with Gasteiger partial charge in [0.1, 0.15) is 26.5 Å². The molecular formula is C24H34N9O10P. The lowest BCUT2D eigenvalue weighted by atomic mass is 10.1. The summed E-state index contributed by atoms with van der Waals surface area (Å²) in [6.45, 7) is 6.59. The lowest BCUT2D eigenvalue weighted by Crippen LogP contribution is -2.43. The number of nitrogens with two attached hydrogens (primary N) is 1. The topological polar surface area (TPSA) is 269 Å². The van der Waals surface area contributed by atoms with Crippen LogP contribution in [0.4, 0.5) is 0 Å². The standard InChI is InChI=1S/C24H34N9O10P/c1-6-7-14-16-17(32(29-14)24(26)27)20(36)33(31-28-16)21-19(42-13(5)35)18(41-12(4)34)15(43-21)10-39-23(22(37)38)44(30-11(2)3)40-9-8-25/h11,15,18-19,21,23,30H,6-7,9-10H2,1-5H3,(H3,26,27)(H,37,38). The molecule has 6 atom stereocenters.